The number of benzene rings is 1. The number of urea groups is 1. The highest BCUT2D eigenvalue weighted by Crippen LogP contribution is 2.32. The van der Waals surface area contributed by atoms with Crippen molar-refractivity contribution in [3.63, 3.8) is 0 Å². The molecule has 2 N–H and O–H groups in total. The topological polar surface area (TPSA) is 57.5 Å². The van der Waals surface area contributed by atoms with Gasteiger partial charge in [-0.05, 0) is 49.2 Å². The average molecular weight is 418 g/mol. The third kappa shape index (κ3) is 7.44. The summed E-state index contributed by atoms with van der Waals surface area (Å²) in [6, 6.07) is 10.2. The SMILES string of the molecule is CC(C)c1cccc(C(C)C)c1NC(=O)NCCSCc1ccc(CN(C)C)o1. The highest BCUT2D eigenvalue weighted by Gasteiger charge is 2.15. The van der Waals surface area contributed by atoms with Gasteiger partial charge in [0.15, 0.2) is 0 Å². The van der Waals surface area contributed by atoms with Crippen molar-refractivity contribution in [2.75, 3.05) is 31.7 Å². The summed E-state index contributed by atoms with van der Waals surface area (Å²) in [5, 5.41) is 6.06. The zero-order valence-corrected chi connectivity index (χ0v) is 19.4. The molecule has 1 aromatic heterocycles. The summed E-state index contributed by atoms with van der Waals surface area (Å²) in [7, 11) is 4.05. The van der Waals surface area contributed by atoms with Crippen molar-refractivity contribution in [3.8, 4) is 0 Å². The van der Waals surface area contributed by atoms with E-state index in [1.54, 1.807) is 11.8 Å². The van der Waals surface area contributed by atoms with E-state index in [1.165, 1.54) is 11.1 Å². The molecule has 0 spiro atoms. The van der Waals surface area contributed by atoms with Gasteiger partial charge >= 0.3 is 6.03 Å². The fourth-order valence-electron chi connectivity index (χ4n) is 3.16. The molecule has 1 aromatic carbocycles. The van der Waals surface area contributed by atoms with E-state index in [1.807, 2.05) is 26.2 Å². The monoisotopic (exact) mass is 417 g/mol. The van der Waals surface area contributed by atoms with Crippen molar-refractivity contribution in [2.24, 2.45) is 0 Å². The van der Waals surface area contributed by atoms with E-state index in [0.717, 1.165) is 35.3 Å². The van der Waals surface area contributed by atoms with Crippen LogP contribution in [0.25, 0.3) is 0 Å². The first-order valence-corrected chi connectivity index (χ1v) is 11.4. The molecule has 0 unspecified atom stereocenters. The number of rotatable bonds is 10. The average Bonchev–Trinajstić information content (AvgIpc) is 3.07. The molecule has 0 aliphatic heterocycles. The lowest BCUT2D eigenvalue weighted by Gasteiger charge is -2.20. The maximum atomic E-state index is 12.4. The van der Waals surface area contributed by atoms with Crippen molar-refractivity contribution in [1.29, 1.82) is 0 Å². The summed E-state index contributed by atoms with van der Waals surface area (Å²) in [6.07, 6.45) is 0. The van der Waals surface area contributed by atoms with Gasteiger partial charge in [-0.1, -0.05) is 45.9 Å². The molecule has 1 heterocycles. The number of carbonyl (C=O) groups is 1. The number of nitrogens with one attached hydrogen (secondary N) is 2. The number of anilines is 1. The Labute approximate surface area is 179 Å². The Morgan fingerprint density at radius 2 is 1.66 bits per heavy atom. The molecule has 0 fully saturated rings. The second kappa shape index (κ2) is 11.3. The lowest BCUT2D eigenvalue weighted by Crippen LogP contribution is -2.31. The van der Waals surface area contributed by atoms with Crippen molar-refractivity contribution in [3.05, 3.63) is 53.0 Å². The first-order valence-electron chi connectivity index (χ1n) is 10.3. The van der Waals surface area contributed by atoms with Crippen LogP contribution in [0, 0.1) is 0 Å². The van der Waals surface area contributed by atoms with Gasteiger partial charge < -0.3 is 20.0 Å². The van der Waals surface area contributed by atoms with Crippen molar-refractivity contribution < 1.29 is 9.21 Å². The summed E-state index contributed by atoms with van der Waals surface area (Å²) in [6.45, 7) is 10.0. The van der Waals surface area contributed by atoms with Crippen LogP contribution in [0.2, 0.25) is 0 Å². The number of carbonyl (C=O) groups excluding carboxylic acids is 1. The number of hydrogen-bond donors (Lipinski definition) is 2. The Kier molecular flexibility index (Phi) is 9.11. The fourth-order valence-corrected chi connectivity index (χ4v) is 3.91. The molecular formula is C23H35N3O2S. The van der Waals surface area contributed by atoms with Gasteiger partial charge in [0.1, 0.15) is 11.5 Å². The predicted octanol–water partition coefficient (Wildman–Crippen LogP) is 5.64. The zero-order chi connectivity index (χ0) is 21.4. The van der Waals surface area contributed by atoms with Gasteiger partial charge in [-0.2, -0.15) is 11.8 Å². The summed E-state index contributed by atoms with van der Waals surface area (Å²) in [5.74, 6) is 4.30. The third-order valence-corrected chi connectivity index (χ3v) is 5.56. The largest absolute Gasteiger partial charge is 0.464 e. The van der Waals surface area contributed by atoms with Crippen LogP contribution in [0.4, 0.5) is 10.5 Å². The number of thioether (sulfide) groups is 1. The van der Waals surface area contributed by atoms with Crippen molar-refractivity contribution >= 4 is 23.5 Å². The van der Waals surface area contributed by atoms with Gasteiger partial charge in [0.05, 0.1) is 12.3 Å². The van der Waals surface area contributed by atoms with Gasteiger partial charge in [0.25, 0.3) is 0 Å². The molecular weight excluding hydrogens is 382 g/mol. The predicted molar refractivity (Wildman–Crippen MR) is 124 cm³/mol. The maximum absolute atomic E-state index is 12.4. The normalized spacial score (nSPS) is 11.5. The summed E-state index contributed by atoms with van der Waals surface area (Å²) >= 11 is 1.75. The molecule has 0 aliphatic rings. The molecule has 6 heteroatoms. The second-order valence-corrected chi connectivity index (χ2v) is 9.27. The lowest BCUT2D eigenvalue weighted by atomic mass is 9.93. The van der Waals surface area contributed by atoms with Crippen LogP contribution in [-0.2, 0) is 12.3 Å². The van der Waals surface area contributed by atoms with Gasteiger partial charge in [0.2, 0.25) is 0 Å². The van der Waals surface area contributed by atoms with Gasteiger partial charge in [0, 0.05) is 18.0 Å². The van der Waals surface area contributed by atoms with Crippen LogP contribution in [0.3, 0.4) is 0 Å². The van der Waals surface area contributed by atoms with Crippen LogP contribution in [0.15, 0.2) is 34.7 Å². The number of furan rings is 1. The molecule has 0 saturated heterocycles. The van der Waals surface area contributed by atoms with E-state index in [0.29, 0.717) is 18.4 Å². The van der Waals surface area contributed by atoms with E-state index in [2.05, 4.69) is 61.4 Å². The van der Waals surface area contributed by atoms with Gasteiger partial charge in [-0.25, -0.2) is 4.79 Å². The molecule has 0 radical (unpaired) electrons. The van der Waals surface area contributed by atoms with Crippen LogP contribution < -0.4 is 10.6 Å². The Balaban J connectivity index is 1.80. The van der Waals surface area contributed by atoms with E-state index < -0.39 is 0 Å². The highest BCUT2D eigenvalue weighted by atomic mass is 32.2. The second-order valence-electron chi connectivity index (χ2n) is 8.16. The molecule has 0 saturated carbocycles. The minimum Gasteiger partial charge on any atom is -0.464 e. The minimum atomic E-state index is -0.146. The standard InChI is InChI=1S/C23H35N3O2S/c1-16(2)20-8-7-9-21(17(3)4)22(20)25-23(27)24-12-13-29-15-19-11-10-18(28-19)14-26(5)6/h7-11,16-17H,12-15H2,1-6H3,(H2,24,25,27). The molecule has 0 bridgehead atoms. The molecule has 5 nitrogen and oxygen atoms in total. The first kappa shape index (κ1) is 23.4. The molecule has 2 amide bonds. The Morgan fingerprint density at radius 3 is 2.24 bits per heavy atom. The van der Waals surface area contributed by atoms with Crippen LogP contribution in [-0.4, -0.2) is 37.3 Å². The molecule has 0 aliphatic carbocycles. The maximum Gasteiger partial charge on any atom is 0.319 e. The van der Waals surface area contributed by atoms with Crippen LogP contribution in [0.1, 0.15) is 62.2 Å². The van der Waals surface area contributed by atoms with E-state index in [4.69, 9.17) is 4.42 Å². The highest BCUT2D eigenvalue weighted by molar-refractivity contribution is 7.98. The molecule has 2 rings (SSSR count). The molecule has 29 heavy (non-hydrogen) atoms. The van der Waals surface area contributed by atoms with Gasteiger partial charge in [-0.3, -0.25) is 0 Å². The molecule has 2 aromatic rings. The fraction of sp³-hybridized carbons (Fsp3) is 0.522. The molecule has 160 valence electrons. The number of para-hydroxylation sites is 1. The lowest BCUT2D eigenvalue weighted by molar-refractivity contribution is 0.252. The van der Waals surface area contributed by atoms with Crippen molar-refractivity contribution in [2.45, 2.75) is 51.8 Å². The number of nitrogens with zero attached hydrogens (tertiary/aromatic N) is 1. The third-order valence-electron chi connectivity index (χ3n) is 4.58. The Morgan fingerprint density at radius 1 is 1.03 bits per heavy atom. The summed E-state index contributed by atoms with van der Waals surface area (Å²) in [4.78, 5) is 14.5. The number of amides is 2. The smallest absolute Gasteiger partial charge is 0.319 e. The molecule has 0 atom stereocenters. The van der Waals surface area contributed by atoms with Crippen molar-refractivity contribution in [1.82, 2.24) is 10.2 Å². The summed E-state index contributed by atoms with van der Waals surface area (Å²) < 4.78 is 5.81. The first-order chi connectivity index (χ1) is 13.8. The minimum absolute atomic E-state index is 0.146. The quantitative estimate of drug-likeness (QED) is 0.491. The Hall–Kier alpha value is -1.92. The zero-order valence-electron chi connectivity index (χ0n) is 18.5. The van der Waals surface area contributed by atoms with E-state index >= 15 is 0 Å². The van der Waals surface area contributed by atoms with Crippen LogP contribution >= 0.6 is 11.8 Å². The van der Waals surface area contributed by atoms with Crippen LogP contribution in [0.5, 0.6) is 0 Å². The Bertz CT molecular complexity index is 758. The number of hydrogen-bond acceptors (Lipinski definition) is 4. The van der Waals surface area contributed by atoms with E-state index in [9.17, 15) is 4.79 Å². The van der Waals surface area contributed by atoms with E-state index in [-0.39, 0.29) is 6.03 Å². The van der Waals surface area contributed by atoms with Gasteiger partial charge in [-0.15, -0.1) is 0 Å². The summed E-state index contributed by atoms with van der Waals surface area (Å²) in [5.41, 5.74) is 3.30.